The number of carbonyl (C=O) groups excluding carboxylic acids is 1. The van der Waals surface area contributed by atoms with Crippen LogP contribution >= 0.6 is 11.3 Å². The summed E-state index contributed by atoms with van der Waals surface area (Å²) in [7, 11) is 1.55. The van der Waals surface area contributed by atoms with Crippen LogP contribution in [0.5, 0.6) is 17.2 Å². The molecule has 2 aromatic carbocycles. The Morgan fingerprint density at radius 1 is 1.24 bits per heavy atom. The molecule has 3 aromatic rings. The molecule has 0 atom stereocenters. The molecule has 8 heteroatoms. The highest BCUT2D eigenvalue weighted by Gasteiger charge is 2.17. The summed E-state index contributed by atoms with van der Waals surface area (Å²) < 4.78 is 29.5. The molecule has 29 heavy (non-hydrogen) atoms. The third-order valence-electron chi connectivity index (χ3n) is 4.15. The first-order chi connectivity index (χ1) is 14.1. The molecule has 1 aliphatic rings. The van der Waals surface area contributed by atoms with Crippen molar-refractivity contribution in [3.05, 3.63) is 59.2 Å². The van der Waals surface area contributed by atoms with Gasteiger partial charge in [-0.2, -0.15) is 0 Å². The van der Waals surface area contributed by atoms with Gasteiger partial charge in [0.1, 0.15) is 19.0 Å². The van der Waals surface area contributed by atoms with Crippen molar-refractivity contribution >= 4 is 28.5 Å². The van der Waals surface area contributed by atoms with Crippen LogP contribution in [0.2, 0.25) is 0 Å². The van der Waals surface area contributed by atoms with Crippen LogP contribution in [0.25, 0.3) is 17.3 Å². The van der Waals surface area contributed by atoms with E-state index in [0.717, 1.165) is 11.1 Å². The second-order valence-electron chi connectivity index (χ2n) is 6.11. The molecule has 148 valence electrons. The number of aromatic nitrogens is 1. The number of rotatable bonds is 5. The van der Waals surface area contributed by atoms with E-state index >= 15 is 0 Å². The highest BCUT2D eigenvalue weighted by Crippen LogP contribution is 2.40. The Balaban J connectivity index is 1.45. The molecule has 4 rings (SSSR count). The van der Waals surface area contributed by atoms with E-state index in [-0.39, 0.29) is 11.7 Å². The molecule has 2 heterocycles. The second kappa shape index (κ2) is 8.32. The number of thiazole rings is 1. The summed E-state index contributed by atoms with van der Waals surface area (Å²) in [6, 6.07) is 9.59. The van der Waals surface area contributed by atoms with Gasteiger partial charge in [0.05, 0.1) is 12.8 Å². The lowest BCUT2D eigenvalue weighted by Gasteiger charge is -2.20. The van der Waals surface area contributed by atoms with Gasteiger partial charge < -0.3 is 14.2 Å². The second-order valence-corrected chi connectivity index (χ2v) is 6.97. The average Bonchev–Trinajstić information content (AvgIpc) is 3.20. The summed E-state index contributed by atoms with van der Waals surface area (Å²) in [6.45, 7) is 0.929. The summed E-state index contributed by atoms with van der Waals surface area (Å²) in [6.07, 6.45) is 3.06. The Labute approximate surface area is 170 Å². The maximum atomic E-state index is 13.0. The number of amides is 1. The molecule has 0 spiro atoms. The molecular weight excluding hydrogens is 395 g/mol. The van der Waals surface area contributed by atoms with Crippen molar-refractivity contribution in [2.75, 3.05) is 25.6 Å². The first-order valence-electron chi connectivity index (χ1n) is 8.80. The van der Waals surface area contributed by atoms with Gasteiger partial charge in [0.25, 0.3) is 0 Å². The van der Waals surface area contributed by atoms with Crippen molar-refractivity contribution < 1.29 is 23.4 Å². The molecule has 1 amide bonds. The van der Waals surface area contributed by atoms with Gasteiger partial charge in [0.2, 0.25) is 11.7 Å². The van der Waals surface area contributed by atoms with Crippen LogP contribution < -0.4 is 19.5 Å². The van der Waals surface area contributed by atoms with Crippen molar-refractivity contribution in [2.45, 2.75) is 0 Å². The molecule has 0 aliphatic carbocycles. The van der Waals surface area contributed by atoms with Crippen LogP contribution in [0.4, 0.5) is 9.52 Å². The Kier molecular flexibility index (Phi) is 5.44. The van der Waals surface area contributed by atoms with Crippen LogP contribution in [0.3, 0.4) is 0 Å². The molecule has 0 saturated heterocycles. The highest BCUT2D eigenvalue weighted by molar-refractivity contribution is 7.14. The number of nitrogens with zero attached hydrogens (tertiary/aromatic N) is 1. The standard InChI is InChI=1S/C21H17FN2O4S/c1-26-17-10-13(11-18-20(17)28-9-8-27-18)2-7-19(25)24-21-23-16(12-29-21)14-3-5-15(22)6-4-14/h2-7,10-12H,8-9H2,1H3,(H,23,24,25)/b7-2+. The molecule has 0 radical (unpaired) electrons. The number of anilines is 1. The van der Waals surface area contributed by atoms with E-state index in [4.69, 9.17) is 14.2 Å². The van der Waals surface area contributed by atoms with Crippen LogP contribution in [0.1, 0.15) is 5.56 Å². The van der Waals surface area contributed by atoms with E-state index in [1.165, 1.54) is 29.5 Å². The zero-order valence-corrected chi connectivity index (χ0v) is 16.3. The molecule has 1 aromatic heterocycles. The minimum atomic E-state index is -0.320. The SMILES string of the molecule is COc1cc(/C=C/C(=O)Nc2nc(-c3ccc(F)cc3)cs2)cc2c1OCCO2. The van der Waals surface area contributed by atoms with E-state index in [1.54, 1.807) is 42.8 Å². The maximum Gasteiger partial charge on any atom is 0.250 e. The molecule has 0 saturated carbocycles. The molecule has 1 aliphatic heterocycles. The zero-order valence-electron chi connectivity index (χ0n) is 15.5. The Morgan fingerprint density at radius 3 is 2.83 bits per heavy atom. The highest BCUT2D eigenvalue weighted by atomic mass is 32.1. The predicted octanol–water partition coefficient (Wildman–Crippen LogP) is 4.38. The molecular formula is C21H17FN2O4S. The summed E-state index contributed by atoms with van der Waals surface area (Å²) in [5, 5.41) is 4.99. The van der Waals surface area contributed by atoms with Crippen molar-refractivity contribution in [1.29, 1.82) is 0 Å². The van der Waals surface area contributed by atoms with E-state index < -0.39 is 0 Å². The van der Waals surface area contributed by atoms with E-state index in [0.29, 0.717) is 41.3 Å². The fourth-order valence-corrected chi connectivity index (χ4v) is 3.52. The van der Waals surface area contributed by atoms with Crippen LogP contribution in [0.15, 0.2) is 47.9 Å². The third kappa shape index (κ3) is 4.38. The van der Waals surface area contributed by atoms with E-state index in [1.807, 2.05) is 0 Å². The fraction of sp³-hybridized carbons (Fsp3) is 0.143. The molecule has 1 N–H and O–H groups in total. The fourth-order valence-electron chi connectivity index (χ4n) is 2.79. The number of nitrogens with one attached hydrogen (secondary N) is 1. The minimum absolute atomic E-state index is 0.307. The topological polar surface area (TPSA) is 69.7 Å². The number of ether oxygens (including phenoxy) is 3. The van der Waals surface area contributed by atoms with Gasteiger partial charge >= 0.3 is 0 Å². The van der Waals surface area contributed by atoms with E-state index in [2.05, 4.69) is 10.3 Å². The van der Waals surface area contributed by atoms with Gasteiger partial charge in [-0.15, -0.1) is 11.3 Å². The molecule has 0 fully saturated rings. The van der Waals surface area contributed by atoms with E-state index in [9.17, 15) is 9.18 Å². The Bertz CT molecular complexity index is 1050. The predicted molar refractivity (Wildman–Crippen MR) is 109 cm³/mol. The van der Waals surface area contributed by atoms with Crippen LogP contribution in [0, 0.1) is 5.82 Å². The van der Waals surface area contributed by atoms with Gasteiger partial charge in [0.15, 0.2) is 16.6 Å². The summed E-state index contributed by atoms with van der Waals surface area (Å²) in [5.41, 5.74) is 2.19. The lowest BCUT2D eigenvalue weighted by atomic mass is 10.1. The first kappa shape index (κ1) is 18.9. The average molecular weight is 412 g/mol. The number of halogens is 1. The van der Waals surface area contributed by atoms with Crippen LogP contribution in [-0.2, 0) is 4.79 Å². The van der Waals surface area contributed by atoms with Crippen molar-refractivity contribution in [1.82, 2.24) is 4.98 Å². The Hall–Kier alpha value is -3.39. The minimum Gasteiger partial charge on any atom is -0.493 e. The van der Waals surface area contributed by atoms with Crippen molar-refractivity contribution in [3.8, 4) is 28.5 Å². The number of methoxy groups -OCH3 is 1. The lowest BCUT2D eigenvalue weighted by molar-refractivity contribution is -0.111. The van der Waals surface area contributed by atoms with Gasteiger partial charge in [-0.05, 0) is 48.0 Å². The first-order valence-corrected chi connectivity index (χ1v) is 9.68. The smallest absolute Gasteiger partial charge is 0.250 e. The largest absolute Gasteiger partial charge is 0.493 e. The number of carbonyl (C=O) groups is 1. The van der Waals surface area contributed by atoms with Gasteiger partial charge in [0, 0.05) is 17.0 Å². The van der Waals surface area contributed by atoms with Gasteiger partial charge in [-0.3, -0.25) is 10.1 Å². The van der Waals surface area contributed by atoms with Crippen LogP contribution in [-0.4, -0.2) is 31.2 Å². The molecule has 6 nitrogen and oxygen atoms in total. The third-order valence-corrected chi connectivity index (χ3v) is 4.91. The number of hydrogen-bond donors (Lipinski definition) is 1. The normalized spacial score (nSPS) is 12.8. The molecule has 0 bridgehead atoms. The summed E-state index contributed by atoms with van der Waals surface area (Å²) in [4.78, 5) is 16.6. The quantitative estimate of drug-likeness (QED) is 0.630. The summed E-state index contributed by atoms with van der Waals surface area (Å²) >= 11 is 1.30. The van der Waals surface area contributed by atoms with Gasteiger partial charge in [-0.1, -0.05) is 0 Å². The maximum absolute atomic E-state index is 13.0. The van der Waals surface area contributed by atoms with Crippen molar-refractivity contribution in [3.63, 3.8) is 0 Å². The monoisotopic (exact) mass is 412 g/mol. The lowest BCUT2D eigenvalue weighted by Crippen LogP contribution is -2.16. The Morgan fingerprint density at radius 2 is 2.03 bits per heavy atom. The van der Waals surface area contributed by atoms with Gasteiger partial charge in [-0.25, -0.2) is 9.37 Å². The van der Waals surface area contributed by atoms with Crippen molar-refractivity contribution in [2.24, 2.45) is 0 Å². The number of fused-ring (bicyclic) bond motifs is 1. The molecule has 0 unspecified atom stereocenters. The number of benzene rings is 2. The zero-order chi connectivity index (χ0) is 20.2. The summed E-state index contributed by atoms with van der Waals surface area (Å²) in [5.74, 6) is 1.07. The number of hydrogen-bond acceptors (Lipinski definition) is 6.